The van der Waals surface area contributed by atoms with Crippen molar-refractivity contribution in [1.82, 2.24) is 5.32 Å². The summed E-state index contributed by atoms with van der Waals surface area (Å²) in [7, 11) is 1.44. The topological polar surface area (TPSA) is 89.9 Å². The van der Waals surface area contributed by atoms with Gasteiger partial charge in [-0.1, -0.05) is 0 Å². The van der Waals surface area contributed by atoms with Gasteiger partial charge in [0.1, 0.15) is 5.82 Å². The molecule has 0 aliphatic heterocycles. The number of carboxylic acid groups (broad SMARTS) is 1. The zero-order valence-electron chi connectivity index (χ0n) is 10.6. The molecule has 0 bridgehead atoms. The second kappa shape index (κ2) is 5.66. The fraction of sp³-hybridized carbons (Fsp3) is 0.333. The molecule has 0 saturated carbocycles. The highest BCUT2D eigenvalue weighted by Crippen LogP contribution is 2.13. The molecule has 0 saturated heterocycles. The Kier molecular flexibility index (Phi) is 4.44. The van der Waals surface area contributed by atoms with E-state index < -0.39 is 30.0 Å². The zero-order valence-corrected chi connectivity index (χ0v) is 10.6. The molecular formula is C12H15FN2O4. The molecule has 0 heterocycles. The summed E-state index contributed by atoms with van der Waals surface area (Å²) in [6.45, 7) is 0.639. The largest absolute Gasteiger partial charge is 0.479 e. The van der Waals surface area contributed by atoms with E-state index in [-0.39, 0.29) is 0 Å². The highest BCUT2D eigenvalue weighted by atomic mass is 19.1. The molecule has 1 unspecified atom stereocenters. The molecule has 19 heavy (non-hydrogen) atoms. The van der Waals surface area contributed by atoms with Gasteiger partial charge in [-0.25, -0.2) is 14.0 Å². The van der Waals surface area contributed by atoms with Crippen LogP contribution in [0.15, 0.2) is 24.3 Å². The van der Waals surface area contributed by atoms with Crippen molar-refractivity contribution in [2.24, 2.45) is 0 Å². The standard InChI is InChI=1S/C12H15FN2O4/c1-12(19,10(16)17)7-14-11(18)15(2)9-5-3-8(13)4-6-9/h3-6,19H,7H2,1-2H3,(H,14,18)(H,16,17). The van der Waals surface area contributed by atoms with Crippen molar-refractivity contribution >= 4 is 17.7 Å². The maximum Gasteiger partial charge on any atom is 0.337 e. The molecule has 7 heteroatoms. The Morgan fingerprint density at radius 1 is 1.37 bits per heavy atom. The minimum Gasteiger partial charge on any atom is -0.479 e. The van der Waals surface area contributed by atoms with Crippen LogP contribution in [0, 0.1) is 5.82 Å². The third kappa shape index (κ3) is 3.92. The van der Waals surface area contributed by atoms with E-state index in [1.54, 1.807) is 0 Å². The van der Waals surface area contributed by atoms with Gasteiger partial charge in [-0.3, -0.25) is 4.90 Å². The molecule has 6 nitrogen and oxygen atoms in total. The van der Waals surface area contributed by atoms with Gasteiger partial charge in [0.15, 0.2) is 5.60 Å². The molecule has 0 aliphatic carbocycles. The van der Waals surface area contributed by atoms with Crippen LogP contribution in [0.4, 0.5) is 14.9 Å². The lowest BCUT2D eigenvalue weighted by atomic mass is 10.1. The van der Waals surface area contributed by atoms with Gasteiger partial charge in [0.25, 0.3) is 0 Å². The lowest BCUT2D eigenvalue weighted by Gasteiger charge is -2.22. The molecule has 104 valence electrons. The number of carboxylic acids is 1. The number of benzene rings is 1. The molecule has 2 amide bonds. The van der Waals surface area contributed by atoms with Crippen LogP contribution in [0.5, 0.6) is 0 Å². The molecule has 0 aliphatic rings. The number of amides is 2. The normalized spacial score (nSPS) is 13.5. The molecule has 0 fully saturated rings. The number of halogens is 1. The van der Waals surface area contributed by atoms with Gasteiger partial charge in [0, 0.05) is 12.7 Å². The maximum atomic E-state index is 12.7. The Morgan fingerprint density at radius 2 is 1.89 bits per heavy atom. The van der Waals surface area contributed by atoms with Crippen LogP contribution in [-0.4, -0.2) is 41.4 Å². The maximum absolute atomic E-state index is 12.7. The van der Waals surface area contributed by atoms with Crippen molar-refractivity contribution in [1.29, 1.82) is 0 Å². The lowest BCUT2D eigenvalue weighted by molar-refractivity contribution is -0.155. The Hall–Kier alpha value is -2.15. The van der Waals surface area contributed by atoms with E-state index in [0.717, 1.165) is 6.92 Å². The van der Waals surface area contributed by atoms with E-state index >= 15 is 0 Å². The molecule has 3 N–H and O–H groups in total. The van der Waals surface area contributed by atoms with Crippen LogP contribution in [0.1, 0.15) is 6.92 Å². The third-order valence-electron chi connectivity index (χ3n) is 2.56. The zero-order chi connectivity index (χ0) is 14.6. The summed E-state index contributed by atoms with van der Waals surface area (Å²) in [5.41, 5.74) is -1.60. The van der Waals surface area contributed by atoms with Crippen molar-refractivity contribution in [2.45, 2.75) is 12.5 Å². The van der Waals surface area contributed by atoms with Gasteiger partial charge in [-0.05, 0) is 31.2 Å². The summed E-state index contributed by atoms with van der Waals surface area (Å²) in [5.74, 6) is -1.86. The van der Waals surface area contributed by atoms with Crippen LogP contribution in [-0.2, 0) is 4.79 Å². The van der Waals surface area contributed by atoms with Crippen molar-refractivity contribution < 1.29 is 24.2 Å². The van der Waals surface area contributed by atoms with Crippen molar-refractivity contribution in [3.63, 3.8) is 0 Å². The Labute approximate surface area is 109 Å². The summed E-state index contributed by atoms with van der Waals surface area (Å²) in [5, 5.41) is 20.4. The molecule has 0 aromatic heterocycles. The van der Waals surface area contributed by atoms with E-state index in [1.807, 2.05) is 0 Å². The second-order valence-corrected chi connectivity index (χ2v) is 4.27. The SMILES string of the molecule is CN(C(=O)NCC(C)(O)C(=O)O)c1ccc(F)cc1. The minimum atomic E-state index is -2.04. The Morgan fingerprint density at radius 3 is 2.37 bits per heavy atom. The fourth-order valence-corrected chi connectivity index (χ4v) is 1.22. The Balaban J connectivity index is 2.63. The monoisotopic (exact) mass is 270 g/mol. The van der Waals surface area contributed by atoms with Gasteiger partial charge >= 0.3 is 12.0 Å². The number of nitrogens with one attached hydrogen (secondary N) is 1. The second-order valence-electron chi connectivity index (χ2n) is 4.27. The molecule has 1 rings (SSSR count). The highest BCUT2D eigenvalue weighted by molar-refractivity contribution is 5.91. The van der Waals surface area contributed by atoms with Crippen LogP contribution in [0.2, 0.25) is 0 Å². The molecular weight excluding hydrogens is 255 g/mol. The first-order chi connectivity index (χ1) is 8.74. The predicted molar refractivity (Wildman–Crippen MR) is 66.5 cm³/mol. The van der Waals surface area contributed by atoms with E-state index in [1.165, 1.54) is 36.2 Å². The number of urea groups is 1. The minimum absolute atomic E-state index is 0.425. The predicted octanol–water partition coefficient (Wildman–Crippen LogP) is 0.807. The number of rotatable bonds is 4. The summed E-state index contributed by atoms with van der Waals surface area (Å²) >= 11 is 0. The lowest BCUT2D eigenvalue weighted by Crippen LogP contribution is -2.49. The van der Waals surface area contributed by atoms with E-state index in [4.69, 9.17) is 5.11 Å². The summed E-state index contributed by atoms with van der Waals surface area (Å²) in [6, 6.07) is 4.61. The van der Waals surface area contributed by atoms with E-state index in [2.05, 4.69) is 5.32 Å². The highest BCUT2D eigenvalue weighted by Gasteiger charge is 2.30. The number of carbonyl (C=O) groups excluding carboxylic acids is 1. The number of aliphatic hydroxyl groups is 1. The van der Waals surface area contributed by atoms with Crippen molar-refractivity contribution in [2.75, 3.05) is 18.5 Å². The molecule has 1 aromatic rings. The molecule has 0 spiro atoms. The van der Waals surface area contributed by atoms with E-state index in [0.29, 0.717) is 5.69 Å². The van der Waals surface area contributed by atoms with E-state index in [9.17, 15) is 19.1 Å². The third-order valence-corrected chi connectivity index (χ3v) is 2.56. The average molecular weight is 270 g/mol. The van der Waals surface area contributed by atoms with Crippen LogP contribution >= 0.6 is 0 Å². The summed E-state index contributed by atoms with van der Waals surface area (Å²) < 4.78 is 12.7. The first kappa shape index (κ1) is 14.9. The first-order valence-corrected chi connectivity index (χ1v) is 5.47. The van der Waals surface area contributed by atoms with Gasteiger partial charge in [-0.2, -0.15) is 0 Å². The first-order valence-electron chi connectivity index (χ1n) is 5.47. The average Bonchev–Trinajstić information content (AvgIpc) is 2.36. The number of anilines is 1. The number of nitrogens with zero attached hydrogens (tertiary/aromatic N) is 1. The molecule has 0 radical (unpaired) electrons. The number of hydrogen-bond acceptors (Lipinski definition) is 3. The summed E-state index contributed by atoms with van der Waals surface area (Å²) in [6.07, 6.45) is 0. The molecule has 1 atom stereocenters. The number of hydrogen-bond donors (Lipinski definition) is 3. The van der Waals surface area contributed by atoms with Gasteiger partial charge in [0.2, 0.25) is 0 Å². The van der Waals surface area contributed by atoms with Crippen LogP contribution in [0.3, 0.4) is 0 Å². The number of aliphatic carboxylic acids is 1. The number of carbonyl (C=O) groups is 2. The van der Waals surface area contributed by atoms with Gasteiger partial charge < -0.3 is 15.5 Å². The van der Waals surface area contributed by atoms with Gasteiger partial charge in [0.05, 0.1) is 6.54 Å². The summed E-state index contributed by atoms with van der Waals surface area (Å²) in [4.78, 5) is 23.5. The smallest absolute Gasteiger partial charge is 0.337 e. The van der Waals surface area contributed by atoms with Crippen molar-refractivity contribution in [3.05, 3.63) is 30.1 Å². The molecule has 1 aromatic carbocycles. The quantitative estimate of drug-likeness (QED) is 0.755. The van der Waals surface area contributed by atoms with Gasteiger partial charge in [-0.15, -0.1) is 0 Å². The Bertz CT molecular complexity index is 473. The van der Waals surface area contributed by atoms with Crippen molar-refractivity contribution in [3.8, 4) is 0 Å². The van der Waals surface area contributed by atoms with Crippen LogP contribution in [0.25, 0.3) is 0 Å². The fourth-order valence-electron chi connectivity index (χ4n) is 1.22. The van der Waals surface area contributed by atoms with Crippen LogP contribution < -0.4 is 10.2 Å².